The van der Waals surface area contributed by atoms with Crippen molar-refractivity contribution < 1.29 is 19.1 Å². The first-order valence-electron chi connectivity index (χ1n) is 8.09. The van der Waals surface area contributed by atoms with Crippen molar-refractivity contribution in [1.29, 1.82) is 0 Å². The second kappa shape index (κ2) is 9.77. The summed E-state index contributed by atoms with van der Waals surface area (Å²) in [7, 11) is 1.43. The van der Waals surface area contributed by atoms with Gasteiger partial charge in [0.2, 0.25) is 5.91 Å². The van der Waals surface area contributed by atoms with Crippen molar-refractivity contribution in [2.75, 3.05) is 13.7 Å². The van der Waals surface area contributed by atoms with Crippen LogP contribution in [0.25, 0.3) is 0 Å². The van der Waals surface area contributed by atoms with Gasteiger partial charge < -0.3 is 14.8 Å². The Morgan fingerprint density at radius 2 is 1.86 bits per heavy atom. The molecule has 0 aliphatic heterocycles. The van der Waals surface area contributed by atoms with Crippen LogP contribution in [0.3, 0.4) is 0 Å². The molecule has 0 radical (unpaired) electrons. The topological polar surface area (TPSA) is 64.6 Å². The standard InChI is InChI=1S/C16H29NO4/c1-4-5-6-11-17-15(18)12(2)21-14-9-7-13(8-10-14)16(19)20-3/h12-14H,4-11H2,1-3H3,(H,17,18). The van der Waals surface area contributed by atoms with Crippen molar-refractivity contribution in [3.8, 4) is 0 Å². The zero-order valence-corrected chi connectivity index (χ0v) is 13.5. The average molecular weight is 299 g/mol. The maximum atomic E-state index is 11.9. The Balaban J connectivity index is 2.21. The second-order valence-electron chi connectivity index (χ2n) is 5.77. The summed E-state index contributed by atoms with van der Waals surface area (Å²) in [5.74, 6) is -0.176. The largest absolute Gasteiger partial charge is 0.469 e. The number of esters is 1. The molecule has 1 rings (SSSR count). The summed E-state index contributed by atoms with van der Waals surface area (Å²) in [5.41, 5.74) is 0. The molecule has 0 bridgehead atoms. The van der Waals surface area contributed by atoms with Crippen molar-refractivity contribution in [1.82, 2.24) is 5.32 Å². The number of carbonyl (C=O) groups is 2. The summed E-state index contributed by atoms with van der Waals surface area (Å²) in [5, 5.41) is 2.90. The van der Waals surface area contributed by atoms with E-state index in [-0.39, 0.29) is 23.9 Å². The Hall–Kier alpha value is -1.10. The maximum absolute atomic E-state index is 11.9. The van der Waals surface area contributed by atoms with Crippen LogP contribution in [-0.4, -0.2) is 37.7 Å². The number of hydrogen-bond acceptors (Lipinski definition) is 4. The number of carbonyl (C=O) groups excluding carboxylic acids is 2. The number of ether oxygens (including phenoxy) is 2. The van der Waals surface area contributed by atoms with E-state index in [2.05, 4.69) is 12.2 Å². The number of unbranched alkanes of at least 4 members (excludes halogenated alkanes) is 2. The van der Waals surface area contributed by atoms with E-state index in [0.717, 1.165) is 51.5 Å². The second-order valence-corrected chi connectivity index (χ2v) is 5.77. The fourth-order valence-electron chi connectivity index (χ4n) is 2.68. The van der Waals surface area contributed by atoms with Gasteiger partial charge in [-0.15, -0.1) is 0 Å². The van der Waals surface area contributed by atoms with Gasteiger partial charge in [0.25, 0.3) is 0 Å². The summed E-state index contributed by atoms with van der Waals surface area (Å²) in [6, 6.07) is 0. The zero-order chi connectivity index (χ0) is 15.7. The predicted molar refractivity (Wildman–Crippen MR) is 80.8 cm³/mol. The van der Waals surface area contributed by atoms with Crippen molar-refractivity contribution in [3.05, 3.63) is 0 Å². The Morgan fingerprint density at radius 3 is 2.43 bits per heavy atom. The van der Waals surface area contributed by atoms with Crippen molar-refractivity contribution in [2.24, 2.45) is 5.92 Å². The average Bonchev–Trinajstić information content (AvgIpc) is 2.51. The van der Waals surface area contributed by atoms with Gasteiger partial charge in [0.15, 0.2) is 0 Å². The summed E-state index contributed by atoms with van der Waals surface area (Å²) in [4.78, 5) is 23.3. The third kappa shape index (κ3) is 6.46. The lowest BCUT2D eigenvalue weighted by molar-refractivity contribution is -0.149. The molecule has 1 atom stereocenters. The minimum Gasteiger partial charge on any atom is -0.469 e. The quantitative estimate of drug-likeness (QED) is 0.552. The van der Waals surface area contributed by atoms with Gasteiger partial charge in [-0.2, -0.15) is 0 Å². The number of nitrogens with one attached hydrogen (secondary N) is 1. The summed E-state index contributed by atoms with van der Waals surface area (Å²) in [6.45, 7) is 4.65. The molecule has 1 aliphatic carbocycles. The number of amides is 1. The lowest BCUT2D eigenvalue weighted by Crippen LogP contribution is -2.38. The van der Waals surface area contributed by atoms with Crippen molar-refractivity contribution in [2.45, 2.75) is 71.0 Å². The van der Waals surface area contributed by atoms with E-state index in [0.29, 0.717) is 0 Å². The molecule has 122 valence electrons. The molecular weight excluding hydrogens is 270 g/mol. The third-order valence-corrected chi connectivity index (χ3v) is 4.05. The summed E-state index contributed by atoms with van der Waals surface area (Å²) >= 11 is 0. The molecule has 21 heavy (non-hydrogen) atoms. The zero-order valence-electron chi connectivity index (χ0n) is 13.5. The monoisotopic (exact) mass is 299 g/mol. The van der Waals surface area contributed by atoms with E-state index in [4.69, 9.17) is 9.47 Å². The molecule has 1 saturated carbocycles. The van der Waals surface area contributed by atoms with Gasteiger partial charge in [-0.3, -0.25) is 9.59 Å². The SMILES string of the molecule is CCCCCNC(=O)C(C)OC1CCC(C(=O)OC)CC1. The van der Waals surface area contributed by atoms with E-state index in [1.165, 1.54) is 7.11 Å². The highest BCUT2D eigenvalue weighted by molar-refractivity contribution is 5.80. The molecule has 0 spiro atoms. The van der Waals surface area contributed by atoms with Crippen LogP contribution in [0.5, 0.6) is 0 Å². The fraction of sp³-hybridized carbons (Fsp3) is 0.875. The van der Waals surface area contributed by atoms with Crippen LogP contribution in [0.1, 0.15) is 58.8 Å². The number of hydrogen-bond donors (Lipinski definition) is 1. The molecule has 5 nitrogen and oxygen atoms in total. The molecule has 1 fully saturated rings. The highest BCUT2D eigenvalue weighted by Crippen LogP contribution is 2.27. The third-order valence-electron chi connectivity index (χ3n) is 4.05. The fourth-order valence-corrected chi connectivity index (χ4v) is 2.68. The van der Waals surface area contributed by atoms with Crippen LogP contribution < -0.4 is 5.32 Å². The van der Waals surface area contributed by atoms with E-state index >= 15 is 0 Å². The smallest absolute Gasteiger partial charge is 0.308 e. The van der Waals surface area contributed by atoms with Crippen LogP contribution in [0.4, 0.5) is 0 Å². The van der Waals surface area contributed by atoms with E-state index < -0.39 is 6.10 Å². The maximum Gasteiger partial charge on any atom is 0.308 e. The normalized spacial score (nSPS) is 23.4. The van der Waals surface area contributed by atoms with Crippen LogP contribution in [0.2, 0.25) is 0 Å². The van der Waals surface area contributed by atoms with Gasteiger partial charge in [0.05, 0.1) is 19.1 Å². The minimum absolute atomic E-state index is 0.00646. The molecule has 0 aromatic rings. The molecular formula is C16H29NO4. The minimum atomic E-state index is -0.425. The van der Waals surface area contributed by atoms with Gasteiger partial charge in [-0.05, 0) is 39.0 Å². The molecule has 1 N–H and O–H groups in total. The van der Waals surface area contributed by atoms with E-state index in [1.54, 1.807) is 6.92 Å². The summed E-state index contributed by atoms with van der Waals surface area (Å²) in [6.07, 6.45) is 6.12. The molecule has 0 aromatic carbocycles. The first-order valence-corrected chi connectivity index (χ1v) is 8.09. The number of methoxy groups -OCH3 is 1. The molecule has 0 heterocycles. The Kier molecular flexibility index (Phi) is 8.35. The van der Waals surface area contributed by atoms with E-state index in [9.17, 15) is 9.59 Å². The molecule has 5 heteroatoms. The lowest BCUT2D eigenvalue weighted by Gasteiger charge is -2.28. The van der Waals surface area contributed by atoms with Crippen molar-refractivity contribution in [3.63, 3.8) is 0 Å². The van der Waals surface area contributed by atoms with Gasteiger partial charge in [0, 0.05) is 6.54 Å². The van der Waals surface area contributed by atoms with Gasteiger partial charge in [-0.25, -0.2) is 0 Å². The summed E-state index contributed by atoms with van der Waals surface area (Å²) < 4.78 is 10.6. The Labute approximate surface area is 127 Å². The Morgan fingerprint density at radius 1 is 1.19 bits per heavy atom. The lowest BCUT2D eigenvalue weighted by atomic mass is 9.87. The predicted octanol–water partition coefficient (Wildman–Crippen LogP) is 2.43. The Bertz CT molecular complexity index is 324. The highest BCUT2D eigenvalue weighted by Gasteiger charge is 2.29. The van der Waals surface area contributed by atoms with Crippen LogP contribution in [0.15, 0.2) is 0 Å². The van der Waals surface area contributed by atoms with Crippen LogP contribution >= 0.6 is 0 Å². The van der Waals surface area contributed by atoms with Crippen LogP contribution in [-0.2, 0) is 19.1 Å². The van der Waals surface area contributed by atoms with Gasteiger partial charge >= 0.3 is 5.97 Å². The molecule has 1 amide bonds. The molecule has 0 saturated heterocycles. The highest BCUT2D eigenvalue weighted by atomic mass is 16.5. The number of rotatable bonds is 8. The van der Waals surface area contributed by atoms with E-state index in [1.807, 2.05) is 0 Å². The van der Waals surface area contributed by atoms with Crippen molar-refractivity contribution >= 4 is 11.9 Å². The van der Waals surface area contributed by atoms with Gasteiger partial charge in [0.1, 0.15) is 6.10 Å². The van der Waals surface area contributed by atoms with Gasteiger partial charge in [-0.1, -0.05) is 19.8 Å². The molecule has 0 aromatic heterocycles. The first kappa shape index (κ1) is 18.0. The molecule has 1 unspecified atom stereocenters. The molecule has 1 aliphatic rings. The van der Waals surface area contributed by atoms with Crippen LogP contribution in [0, 0.1) is 5.92 Å². The first-order chi connectivity index (χ1) is 10.1.